The van der Waals surface area contributed by atoms with Crippen molar-refractivity contribution >= 4 is 54.1 Å². The van der Waals surface area contributed by atoms with E-state index in [0.717, 1.165) is 50.3 Å². The summed E-state index contributed by atoms with van der Waals surface area (Å²) in [4.78, 5) is 15.3. The molecule has 0 aliphatic heterocycles. The molecule has 0 saturated heterocycles. The van der Waals surface area contributed by atoms with Crippen LogP contribution in [0.5, 0.6) is 0 Å². The predicted molar refractivity (Wildman–Crippen MR) is 184 cm³/mol. The minimum atomic E-state index is 0.726. The highest BCUT2D eigenvalue weighted by molar-refractivity contribution is 6.33. The van der Waals surface area contributed by atoms with Crippen molar-refractivity contribution in [1.29, 1.82) is 0 Å². The lowest BCUT2D eigenvalue weighted by Crippen LogP contribution is -1.95. The van der Waals surface area contributed by atoms with Gasteiger partial charge in [0.05, 0.1) is 22.4 Å². The average Bonchev–Trinajstić information content (AvgIpc) is 3.11. The van der Waals surface area contributed by atoms with Gasteiger partial charge in [-0.15, -0.1) is 0 Å². The van der Waals surface area contributed by atoms with Crippen molar-refractivity contribution in [2.75, 3.05) is 0 Å². The van der Waals surface area contributed by atoms with E-state index in [1.165, 1.54) is 37.7 Å². The van der Waals surface area contributed by atoms with Gasteiger partial charge < -0.3 is 0 Å². The zero-order valence-electron chi connectivity index (χ0n) is 23.8. The molecule has 3 nitrogen and oxygen atoms in total. The summed E-state index contributed by atoms with van der Waals surface area (Å²) in [5.74, 6) is 0.726. The van der Waals surface area contributed by atoms with Crippen molar-refractivity contribution in [2.45, 2.75) is 0 Å². The second-order valence-corrected chi connectivity index (χ2v) is 11.2. The number of benzene rings is 7. The van der Waals surface area contributed by atoms with Crippen LogP contribution in [0.2, 0.25) is 0 Å². The van der Waals surface area contributed by atoms with Crippen LogP contribution in [0, 0.1) is 0 Å². The van der Waals surface area contributed by atoms with E-state index in [1.54, 1.807) is 0 Å². The maximum absolute atomic E-state index is 5.31. The third kappa shape index (κ3) is 3.80. The molecule has 44 heavy (non-hydrogen) atoms. The molecule has 0 unspecified atom stereocenters. The normalized spacial score (nSPS) is 11.6. The first-order chi connectivity index (χ1) is 21.8. The Kier molecular flexibility index (Phi) is 5.50. The summed E-state index contributed by atoms with van der Waals surface area (Å²) >= 11 is 0. The molecule has 0 aliphatic rings. The van der Waals surface area contributed by atoms with Crippen LogP contribution in [-0.2, 0) is 0 Å². The SMILES string of the molecule is c1ccc(-c2nc(-c3ccc(-c4nc5ccccc5c5c6ccccc6c6ccccc6c45)cc3)c3ccccc3n2)cc1. The first kappa shape index (κ1) is 24.6. The molecular formula is C41H25N3. The van der Waals surface area contributed by atoms with Gasteiger partial charge >= 0.3 is 0 Å². The molecule has 9 aromatic rings. The molecule has 3 heteroatoms. The lowest BCUT2D eigenvalue weighted by atomic mass is 9.90. The zero-order chi connectivity index (χ0) is 29.0. The van der Waals surface area contributed by atoms with E-state index in [9.17, 15) is 0 Å². The maximum Gasteiger partial charge on any atom is 0.160 e. The molecule has 0 spiro atoms. The smallest absolute Gasteiger partial charge is 0.160 e. The van der Waals surface area contributed by atoms with E-state index < -0.39 is 0 Å². The molecule has 0 amide bonds. The minimum Gasteiger partial charge on any atom is -0.247 e. The lowest BCUT2D eigenvalue weighted by Gasteiger charge is -2.16. The van der Waals surface area contributed by atoms with Crippen LogP contribution in [0.25, 0.3) is 88.0 Å². The van der Waals surface area contributed by atoms with Gasteiger partial charge in [0.15, 0.2) is 5.82 Å². The summed E-state index contributed by atoms with van der Waals surface area (Å²) in [7, 11) is 0. The van der Waals surface area contributed by atoms with Crippen LogP contribution in [0.4, 0.5) is 0 Å². The molecule has 0 saturated carbocycles. The second-order valence-electron chi connectivity index (χ2n) is 11.2. The number of nitrogens with zero attached hydrogens (tertiary/aromatic N) is 3. The molecule has 0 bridgehead atoms. The minimum absolute atomic E-state index is 0.726. The number of para-hydroxylation sites is 2. The number of fused-ring (bicyclic) bond motifs is 9. The van der Waals surface area contributed by atoms with Gasteiger partial charge in [-0.1, -0.05) is 140 Å². The van der Waals surface area contributed by atoms with E-state index in [2.05, 4.69) is 121 Å². The molecular weight excluding hydrogens is 534 g/mol. The molecule has 7 aromatic carbocycles. The predicted octanol–water partition coefficient (Wildman–Crippen LogP) is 10.6. The number of pyridine rings is 1. The molecule has 0 atom stereocenters. The van der Waals surface area contributed by atoms with Gasteiger partial charge in [-0.05, 0) is 33.7 Å². The van der Waals surface area contributed by atoms with Crippen LogP contribution in [0.1, 0.15) is 0 Å². The second kappa shape index (κ2) is 9.82. The Bertz CT molecular complexity index is 2540. The van der Waals surface area contributed by atoms with Crippen LogP contribution in [0.15, 0.2) is 152 Å². The van der Waals surface area contributed by atoms with Crippen molar-refractivity contribution in [3.8, 4) is 33.9 Å². The highest BCUT2D eigenvalue weighted by Crippen LogP contribution is 2.43. The summed E-state index contributed by atoms with van der Waals surface area (Å²) in [6.45, 7) is 0. The first-order valence-electron chi connectivity index (χ1n) is 14.9. The van der Waals surface area contributed by atoms with Gasteiger partial charge in [-0.2, -0.15) is 0 Å². The van der Waals surface area contributed by atoms with Crippen LogP contribution in [0.3, 0.4) is 0 Å². The lowest BCUT2D eigenvalue weighted by molar-refractivity contribution is 1.23. The number of hydrogen-bond acceptors (Lipinski definition) is 3. The molecule has 0 N–H and O–H groups in total. The molecule has 0 radical (unpaired) electrons. The van der Waals surface area contributed by atoms with Gasteiger partial charge in [0.25, 0.3) is 0 Å². The van der Waals surface area contributed by atoms with Crippen molar-refractivity contribution in [1.82, 2.24) is 15.0 Å². The largest absolute Gasteiger partial charge is 0.247 e. The number of rotatable bonds is 3. The standard InChI is InChI=1S/C41H25N3/c1-2-12-28(13-3-1)41-43-36-21-11-9-19-34(36)39(44-41)26-22-24-27(25-23-26)40-38-32-17-7-5-15-30(32)29-14-4-6-16-31(29)37(38)33-18-8-10-20-35(33)42-40/h1-25H. The molecule has 9 rings (SSSR count). The Morgan fingerprint density at radius 1 is 0.273 bits per heavy atom. The Balaban J connectivity index is 1.30. The molecule has 2 heterocycles. The van der Waals surface area contributed by atoms with E-state index >= 15 is 0 Å². The first-order valence-corrected chi connectivity index (χ1v) is 14.9. The van der Waals surface area contributed by atoms with E-state index in [4.69, 9.17) is 15.0 Å². The molecule has 0 aliphatic carbocycles. The molecule has 2 aromatic heterocycles. The van der Waals surface area contributed by atoms with E-state index in [0.29, 0.717) is 0 Å². The average molecular weight is 560 g/mol. The highest BCUT2D eigenvalue weighted by Gasteiger charge is 2.18. The van der Waals surface area contributed by atoms with Crippen molar-refractivity contribution in [3.05, 3.63) is 152 Å². The summed E-state index contributed by atoms with van der Waals surface area (Å²) in [5, 5.41) is 9.61. The van der Waals surface area contributed by atoms with E-state index in [-0.39, 0.29) is 0 Å². The number of hydrogen-bond donors (Lipinski definition) is 0. The van der Waals surface area contributed by atoms with Crippen LogP contribution >= 0.6 is 0 Å². The summed E-state index contributed by atoms with van der Waals surface area (Å²) in [5.41, 5.74) is 6.96. The van der Waals surface area contributed by atoms with Crippen molar-refractivity contribution in [2.24, 2.45) is 0 Å². The third-order valence-corrected chi connectivity index (χ3v) is 8.64. The summed E-state index contributed by atoms with van der Waals surface area (Å²) < 4.78 is 0. The maximum atomic E-state index is 5.31. The summed E-state index contributed by atoms with van der Waals surface area (Å²) in [6.07, 6.45) is 0. The third-order valence-electron chi connectivity index (χ3n) is 8.64. The van der Waals surface area contributed by atoms with Crippen LogP contribution in [-0.4, -0.2) is 15.0 Å². The Labute approximate surface area is 254 Å². The van der Waals surface area contributed by atoms with E-state index in [1.807, 2.05) is 30.3 Å². The Morgan fingerprint density at radius 2 is 0.750 bits per heavy atom. The van der Waals surface area contributed by atoms with Gasteiger partial charge in [-0.25, -0.2) is 15.0 Å². The van der Waals surface area contributed by atoms with Gasteiger partial charge in [0, 0.05) is 38.2 Å². The van der Waals surface area contributed by atoms with Crippen molar-refractivity contribution < 1.29 is 0 Å². The molecule has 204 valence electrons. The van der Waals surface area contributed by atoms with Gasteiger partial charge in [0.1, 0.15) is 0 Å². The monoisotopic (exact) mass is 559 g/mol. The Hall–Kier alpha value is -5.93. The summed E-state index contributed by atoms with van der Waals surface area (Å²) in [6, 6.07) is 53.1. The fourth-order valence-corrected chi connectivity index (χ4v) is 6.63. The van der Waals surface area contributed by atoms with Crippen LogP contribution < -0.4 is 0 Å². The highest BCUT2D eigenvalue weighted by atomic mass is 14.9. The quantitative estimate of drug-likeness (QED) is 0.202. The zero-order valence-corrected chi connectivity index (χ0v) is 23.8. The van der Waals surface area contributed by atoms with Gasteiger partial charge in [-0.3, -0.25) is 0 Å². The van der Waals surface area contributed by atoms with Gasteiger partial charge in [0.2, 0.25) is 0 Å². The number of aromatic nitrogens is 3. The van der Waals surface area contributed by atoms with Crippen molar-refractivity contribution in [3.63, 3.8) is 0 Å². The fraction of sp³-hybridized carbons (Fsp3) is 0. The topological polar surface area (TPSA) is 38.7 Å². The Morgan fingerprint density at radius 3 is 1.41 bits per heavy atom. The fourth-order valence-electron chi connectivity index (χ4n) is 6.63. The molecule has 0 fully saturated rings.